The minimum Gasteiger partial charge on any atom is -0.464 e. The fraction of sp³-hybridized carbons (Fsp3) is 0.231. The van der Waals surface area contributed by atoms with Crippen LogP contribution >= 0.6 is 12.2 Å². The number of aromatic nitrogens is 2. The maximum atomic E-state index is 11.9. The number of ether oxygens (including phenoxy) is 1. The Hall–Kier alpha value is -2.28. The van der Waals surface area contributed by atoms with Crippen LogP contribution < -0.4 is 5.56 Å². The van der Waals surface area contributed by atoms with E-state index in [1.165, 1.54) is 28.6 Å². The molecule has 20 heavy (non-hydrogen) atoms. The Balaban J connectivity index is 3.60. The number of hydrogen-bond donors (Lipinski definition) is 0. The molecule has 1 aromatic heterocycles. The normalized spacial score (nSPS) is 11.1. The molecular weight excluding hydrogens is 278 g/mol. The third kappa shape index (κ3) is 3.39. The summed E-state index contributed by atoms with van der Waals surface area (Å²) in [4.78, 5) is 23.6. The standard InChI is InChI=1S/C13H15N3O3S/c1-4-6-7-14-16-10(12(18)19-3)9-11(17)15(8-5-2)13(16)20/h4-7,9H,2,8H2,1,3H3/b6-4+,14-7+. The van der Waals surface area contributed by atoms with Gasteiger partial charge in [0, 0.05) is 18.8 Å². The van der Waals surface area contributed by atoms with Gasteiger partial charge in [0.05, 0.1) is 7.11 Å². The highest BCUT2D eigenvalue weighted by molar-refractivity contribution is 7.71. The molecule has 106 valence electrons. The van der Waals surface area contributed by atoms with Crippen LogP contribution in [-0.4, -0.2) is 28.5 Å². The molecule has 0 N–H and O–H groups in total. The van der Waals surface area contributed by atoms with Crippen molar-refractivity contribution in [3.63, 3.8) is 0 Å². The number of hydrogen-bond acceptors (Lipinski definition) is 5. The number of rotatable bonds is 5. The molecule has 0 aliphatic rings. The Morgan fingerprint density at radius 1 is 1.60 bits per heavy atom. The number of carbonyl (C=O) groups is 1. The summed E-state index contributed by atoms with van der Waals surface area (Å²) in [6, 6.07) is 1.14. The van der Waals surface area contributed by atoms with Crippen molar-refractivity contribution < 1.29 is 9.53 Å². The van der Waals surface area contributed by atoms with Crippen LogP contribution in [0.1, 0.15) is 17.4 Å². The van der Waals surface area contributed by atoms with E-state index in [0.717, 1.165) is 6.07 Å². The molecule has 0 fully saturated rings. The minimum atomic E-state index is -0.684. The van der Waals surface area contributed by atoms with Crippen LogP contribution in [0.2, 0.25) is 0 Å². The summed E-state index contributed by atoms with van der Waals surface area (Å²) in [5.74, 6) is -0.684. The molecule has 0 radical (unpaired) electrons. The van der Waals surface area contributed by atoms with E-state index < -0.39 is 11.5 Å². The van der Waals surface area contributed by atoms with Crippen molar-refractivity contribution in [3.8, 4) is 0 Å². The molecule has 0 aliphatic heterocycles. The van der Waals surface area contributed by atoms with E-state index in [2.05, 4.69) is 16.4 Å². The molecule has 0 aliphatic carbocycles. The molecular formula is C13H15N3O3S. The van der Waals surface area contributed by atoms with Gasteiger partial charge in [0.2, 0.25) is 4.77 Å². The van der Waals surface area contributed by atoms with Crippen LogP contribution in [0.25, 0.3) is 0 Å². The van der Waals surface area contributed by atoms with Crippen LogP contribution in [0, 0.1) is 4.77 Å². The van der Waals surface area contributed by atoms with Crippen molar-refractivity contribution in [2.45, 2.75) is 13.5 Å². The van der Waals surface area contributed by atoms with Gasteiger partial charge in [-0.25, -0.2) is 4.79 Å². The second kappa shape index (κ2) is 7.34. The predicted molar refractivity (Wildman–Crippen MR) is 79.8 cm³/mol. The van der Waals surface area contributed by atoms with Crippen LogP contribution in [-0.2, 0) is 11.3 Å². The summed E-state index contributed by atoms with van der Waals surface area (Å²) >= 11 is 5.18. The first kappa shape index (κ1) is 15.8. The van der Waals surface area contributed by atoms with Crippen molar-refractivity contribution >= 4 is 24.4 Å². The molecule has 0 aromatic carbocycles. The number of allylic oxidation sites excluding steroid dienone is 3. The van der Waals surface area contributed by atoms with Crippen LogP contribution in [0.15, 0.2) is 40.8 Å². The Kier molecular flexibility index (Phi) is 5.79. The lowest BCUT2D eigenvalue weighted by atomic mass is 10.4. The highest BCUT2D eigenvalue weighted by Crippen LogP contribution is 2.02. The van der Waals surface area contributed by atoms with Gasteiger partial charge in [-0.3, -0.25) is 9.36 Å². The third-order valence-corrected chi connectivity index (χ3v) is 2.73. The monoisotopic (exact) mass is 293 g/mol. The molecule has 0 saturated heterocycles. The molecule has 0 atom stereocenters. The molecule has 1 heterocycles. The third-order valence-electron chi connectivity index (χ3n) is 2.33. The molecule has 0 spiro atoms. The number of methoxy groups -OCH3 is 1. The summed E-state index contributed by atoms with van der Waals surface area (Å²) < 4.78 is 7.19. The van der Waals surface area contributed by atoms with E-state index >= 15 is 0 Å². The van der Waals surface area contributed by atoms with Gasteiger partial charge >= 0.3 is 5.97 Å². The van der Waals surface area contributed by atoms with Crippen LogP contribution in [0.5, 0.6) is 0 Å². The lowest BCUT2D eigenvalue weighted by Crippen LogP contribution is -2.27. The topological polar surface area (TPSA) is 65.6 Å². The van der Waals surface area contributed by atoms with Crippen molar-refractivity contribution in [3.05, 3.63) is 51.7 Å². The van der Waals surface area contributed by atoms with E-state index in [0.29, 0.717) is 0 Å². The molecule has 0 bridgehead atoms. The Morgan fingerprint density at radius 3 is 2.85 bits per heavy atom. The summed E-state index contributed by atoms with van der Waals surface area (Å²) in [7, 11) is 1.22. The van der Waals surface area contributed by atoms with E-state index in [1.54, 1.807) is 12.2 Å². The van der Waals surface area contributed by atoms with E-state index in [-0.39, 0.29) is 17.0 Å². The lowest BCUT2D eigenvalue weighted by molar-refractivity contribution is 0.0587. The second-order valence-corrected chi connectivity index (χ2v) is 4.01. The summed E-state index contributed by atoms with van der Waals surface area (Å²) in [6.45, 7) is 5.62. The first-order chi connectivity index (χ1) is 9.56. The zero-order valence-electron chi connectivity index (χ0n) is 11.3. The maximum absolute atomic E-state index is 11.9. The highest BCUT2D eigenvalue weighted by atomic mass is 32.1. The fourth-order valence-electron chi connectivity index (χ4n) is 1.42. The average Bonchev–Trinajstić information content (AvgIpc) is 2.44. The molecule has 1 aromatic rings. The van der Waals surface area contributed by atoms with Gasteiger partial charge in [-0.1, -0.05) is 12.2 Å². The zero-order chi connectivity index (χ0) is 15.1. The van der Waals surface area contributed by atoms with Gasteiger partial charge in [0.1, 0.15) is 0 Å². The van der Waals surface area contributed by atoms with E-state index in [4.69, 9.17) is 12.2 Å². The molecule has 0 unspecified atom stereocenters. The van der Waals surface area contributed by atoms with Crippen molar-refractivity contribution in [1.29, 1.82) is 0 Å². The SMILES string of the molecule is C=CCn1c(=O)cc(C(=O)OC)n(/N=C/C=C/C)c1=S. The van der Waals surface area contributed by atoms with E-state index in [9.17, 15) is 9.59 Å². The molecule has 6 nitrogen and oxygen atoms in total. The Morgan fingerprint density at radius 2 is 2.30 bits per heavy atom. The summed E-state index contributed by atoms with van der Waals surface area (Å²) in [5.41, 5.74) is -0.434. The minimum absolute atomic E-state index is 0.0245. The number of carbonyl (C=O) groups excluding carboxylic acids is 1. The van der Waals surface area contributed by atoms with Gasteiger partial charge in [0.15, 0.2) is 5.69 Å². The van der Waals surface area contributed by atoms with Gasteiger partial charge in [-0.15, -0.1) is 6.58 Å². The van der Waals surface area contributed by atoms with Gasteiger partial charge in [0.25, 0.3) is 5.56 Å². The second-order valence-electron chi connectivity index (χ2n) is 3.64. The number of esters is 1. The average molecular weight is 293 g/mol. The predicted octanol–water partition coefficient (Wildman–Crippen LogP) is 1.76. The molecule has 0 saturated carbocycles. The fourth-order valence-corrected chi connectivity index (χ4v) is 1.73. The smallest absolute Gasteiger partial charge is 0.357 e. The molecule has 1 rings (SSSR count). The Labute approximate surface area is 121 Å². The Bertz CT molecular complexity index is 683. The lowest BCUT2D eigenvalue weighted by Gasteiger charge is -2.10. The summed E-state index contributed by atoms with van der Waals surface area (Å²) in [6.07, 6.45) is 6.44. The molecule has 0 amide bonds. The van der Waals surface area contributed by atoms with Crippen molar-refractivity contribution in [2.24, 2.45) is 5.10 Å². The van der Waals surface area contributed by atoms with Crippen molar-refractivity contribution in [1.82, 2.24) is 9.24 Å². The summed E-state index contributed by atoms with van der Waals surface area (Å²) in [5, 5.41) is 4.05. The van der Waals surface area contributed by atoms with Gasteiger partial charge in [-0.05, 0) is 25.2 Å². The largest absolute Gasteiger partial charge is 0.464 e. The molecule has 7 heteroatoms. The van der Waals surface area contributed by atoms with Crippen LogP contribution in [0.4, 0.5) is 0 Å². The van der Waals surface area contributed by atoms with Gasteiger partial charge < -0.3 is 4.74 Å². The highest BCUT2D eigenvalue weighted by Gasteiger charge is 2.15. The number of nitrogens with zero attached hydrogens (tertiary/aromatic N) is 3. The first-order valence-electron chi connectivity index (χ1n) is 5.78. The maximum Gasteiger partial charge on any atom is 0.357 e. The van der Waals surface area contributed by atoms with E-state index in [1.807, 2.05) is 6.92 Å². The quantitative estimate of drug-likeness (QED) is 0.359. The van der Waals surface area contributed by atoms with Gasteiger partial charge in [-0.2, -0.15) is 9.78 Å². The van der Waals surface area contributed by atoms with Crippen LogP contribution in [0.3, 0.4) is 0 Å². The zero-order valence-corrected chi connectivity index (χ0v) is 12.1. The van der Waals surface area contributed by atoms with Crippen molar-refractivity contribution in [2.75, 3.05) is 7.11 Å². The first-order valence-corrected chi connectivity index (χ1v) is 6.19.